The third-order valence-corrected chi connectivity index (χ3v) is 7.30. The maximum atomic E-state index is 11.5. The Labute approximate surface area is 167 Å². The molecule has 1 aromatic heterocycles. The van der Waals surface area contributed by atoms with Gasteiger partial charge in [0.05, 0.1) is 4.88 Å². The first-order valence-electron chi connectivity index (χ1n) is 10.2. The summed E-state index contributed by atoms with van der Waals surface area (Å²) >= 11 is 1.59. The molecule has 2 aromatic rings. The normalized spacial score (nSPS) is 23.9. The number of hydrogen-bond acceptors (Lipinski definition) is 4. The summed E-state index contributed by atoms with van der Waals surface area (Å²) in [6.07, 6.45) is 5.17. The van der Waals surface area contributed by atoms with Gasteiger partial charge in [0.2, 0.25) is 0 Å². The molecule has 2 aliphatic heterocycles. The van der Waals surface area contributed by atoms with Crippen molar-refractivity contribution < 1.29 is 4.79 Å². The number of Topliss-reactive ketones (excluding diaryl/α,β-unsaturated/α-hetero) is 1. The van der Waals surface area contributed by atoms with Crippen LogP contribution in [-0.2, 0) is 13.0 Å². The van der Waals surface area contributed by atoms with Crippen LogP contribution in [0.5, 0.6) is 0 Å². The molecule has 3 heterocycles. The number of benzene rings is 1. The van der Waals surface area contributed by atoms with E-state index in [-0.39, 0.29) is 5.78 Å². The molecular formula is C23H30N2OS. The van der Waals surface area contributed by atoms with E-state index in [2.05, 4.69) is 51.6 Å². The van der Waals surface area contributed by atoms with Gasteiger partial charge in [0.1, 0.15) is 0 Å². The Morgan fingerprint density at radius 2 is 1.89 bits per heavy atom. The number of likely N-dealkylation sites (tertiary alicyclic amines) is 2. The fourth-order valence-corrected chi connectivity index (χ4v) is 5.64. The van der Waals surface area contributed by atoms with Gasteiger partial charge in [0, 0.05) is 26.2 Å². The second-order valence-electron chi connectivity index (χ2n) is 8.45. The standard InChI is InChI=1S/C23H30N2OS/c1-19(26)22-14-21(16-27-22)15-25-13-10-23(18-25)9-5-11-24(17-23)12-8-20-6-3-2-4-7-20/h2-4,6-7,14,16H,5,8-13,15,17-18H2,1H3/t23-/m0/s1. The monoisotopic (exact) mass is 382 g/mol. The van der Waals surface area contributed by atoms with Gasteiger partial charge < -0.3 is 4.90 Å². The van der Waals surface area contributed by atoms with E-state index in [4.69, 9.17) is 0 Å². The van der Waals surface area contributed by atoms with Gasteiger partial charge >= 0.3 is 0 Å². The number of rotatable bonds is 6. The largest absolute Gasteiger partial charge is 0.302 e. The second-order valence-corrected chi connectivity index (χ2v) is 9.36. The van der Waals surface area contributed by atoms with Crippen molar-refractivity contribution in [2.45, 2.75) is 39.2 Å². The predicted molar refractivity (Wildman–Crippen MR) is 112 cm³/mol. The molecule has 2 aliphatic rings. The zero-order chi connectivity index (χ0) is 18.7. The van der Waals surface area contributed by atoms with Gasteiger partial charge in [0.15, 0.2) is 5.78 Å². The molecule has 1 atom stereocenters. The number of hydrogen-bond donors (Lipinski definition) is 0. The summed E-state index contributed by atoms with van der Waals surface area (Å²) < 4.78 is 0. The molecule has 0 aliphatic carbocycles. The molecule has 2 fully saturated rings. The minimum Gasteiger partial charge on any atom is -0.302 e. The number of carbonyl (C=O) groups excluding carboxylic acids is 1. The van der Waals surface area contributed by atoms with E-state index in [1.807, 2.05) is 0 Å². The molecule has 1 aromatic carbocycles. The number of nitrogens with zero attached hydrogens (tertiary/aromatic N) is 2. The highest BCUT2D eigenvalue weighted by Gasteiger charge is 2.41. The molecule has 4 heteroatoms. The van der Waals surface area contributed by atoms with Crippen molar-refractivity contribution >= 4 is 17.1 Å². The van der Waals surface area contributed by atoms with Crippen molar-refractivity contribution in [1.29, 1.82) is 0 Å². The highest BCUT2D eigenvalue weighted by atomic mass is 32.1. The van der Waals surface area contributed by atoms with Gasteiger partial charge in [-0.3, -0.25) is 9.69 Å². The molecule has 0 amide bonds. The van der Waals surface area contributed by atoms with E-state index in [9.17, 15) is 4.79 Å². The molecule has 0 N–H and O–H groups in total. The Balaban J connectivity index is 1.31. The molecule has 0 bridgehead atoms. The molecule has 144 valence electrons. The average Bonchev–Trinajstić information content (AvgIpc) is 3.29. The minimum atomic E-state index is 0.186. The van der Waals surface area contributed by atoms with Gasteiger partial charge in [-0.15, -0.1) is 11.3 Å². The van der Waals surface area contributed by atoms with Gasteiger partial charge in [-0.25, -0.2) is 0 Å². The molecule has 27 heavy (non-hydrogen) atoms. The Morgan fingerprint density at radius 3 is 2.67 bits per heavy atom. The van der Waals surface area contributed by atoms with Crippen LogP contribution in [0.4, 0.5) is 0 Å². The molecule has 2 saturated heterocycles. The van der Waals surface area contributed by atoms with Crippen LogP contribution in [0.25, 0.3) is 0 Å². The van der Waals surface area contributed by atoms with Crippen molar-refractivity contribution in [3.8, 4) is 0 Å². The van der Waals surface area contributed by atoms with E-state index in [0.29, 0.717) is 5.41 Å². The molecule has 4 rings (SSSR count). The van der Waals surface area contributed by atoms with Crippen LogP contribution in [0.2, 0.25) is 0 Å². The molecule has 0 radical (unpaired) electrons. The van der Waals surface area contributed by atoms with Crippen LogP contribution in [0, 0.1) is 5.41 Å². The lowest BCUT2D eigenvalue weighted by Gasteiger charge is -2.40. The van der Waals surface area contributed by atoms with Crippen molar-refractivity contribution in [2.24, 2.45) is 5.41 Å². The Bertz CT molecular complexity index is 772. The van der Waals surface area contributed by atoms with Crippen LogP contribution in [0.3, 0.4) is 0 Å². The highest BCUT2D eigenvalue weighted by molar-refractivity contribution is 7.12. The van der Waals surface area contributed by atoms with Crippen LogP contribution < -0.4 is 0 Å². The molecular weight excluding hydrogens is 352 g/mol. The topological polar surface area (TPSA) is 23.6 Å². The molecule has 0 unspecified atom stereocenters. The number of thiophene rings is 1. The number of carbonyl (C=O) groups is 1. The lowest BCUT2D eigenvalue weighted by Crippen LogP contribution is -2.45. The summed E-state index contributed by atoms with van der Waals surface area (Å²) in [5, 5.41) is 2.16. The van der Waals surface area contributed by atoms with Gasteiger partial charge in [-0.1, -0.05) is 30.3 Å². The number of piperidine rings is 1. The first-order chi connectivity index (χ1) is 13.1. The predicted octanol–water partition coefficient (Wildman–Crippen LogP) is 4.48. The van der Waals surface area contributed by atoms with E-state index >= 15 is 0 Å². The Kier molecular flexibility index (Phi) is 5.76. The molecule has 3 nitrogen and oxygen atoms in total. The van der Waals surface area contributed by atoms with Crippen LogP contribution in [0.1, 0.15) is 47.0 Å². The molecule has 1 spiro atoms. The highest BCUT2D eigenvalue weighted by Crippen LogP contribution is 2.39. The smallest absolute Gasteiger partial charge is 0.169 e. The van der Waals surface area contributed by atoms with Crippen LogP contribution in [-0.4, -0.2) is 48.3 Å². The summed E-state index contributed by atoms with van der Waals surface area (Å²) in [5.41, 5.74) is 3.23. The summed E-state index contributed by atoms with van der Waals surface area (Å²) in [4.78, 5) is 17.7. The first kappa shape index (κ1) is 18.9. The quantitative estimate of drug-likeness (QED) is 0.688. The molecule has 0 saturated carbocycles. The minimum absolute atomic E-state index is 0.186. The zero-order valence-corrected chi connectivity index (χ0v) is 17.1. The van der Waals surface area contributed by atoms with E-state index < -0.39 is 0 Å². The maximum Gasteiger partial charge on any atom is 0.169 e. The summed E-state index contributed by atoms with van der Waals surface area (Å²) in [5.74, 6) is 0.186. The number of ketones is 1. The van der Waals surface area contributed by atoms with E-state index in [0.717, 1.165) is 17.8 Å². The fraction of sp³-hybridized carbons (Fsp3) is 0.522. The van der Waals surface area contributed by atoms with Gasteiger partial charge in [-0.2, -0.15) is 0 Å². The van der Waals surface area contributed by atoms with Crippen LogP contribution >= 0.6 is 11.3 Å². The third kappa shape index (κ3) is 4.68. The SMILES string of the molecule is CC(=O)c1cc(CN2CC[C@]3(CCCN(CCc4ccccc4)C3)C2)cs1. The lowest BCUT2D eigenvalue weighted by molar-refractivity contribution is 0.0928. The zero-order valence-electron chi connectivity index (χ0n) is 16.3. The average molecular weight is 383 g/mol. The van der Waals surface area contributed by atoms with Gasteiger partial charge in [0.25, 0.3) is 0 Å². The first-order valence-corrected chi connectivity index (χ1v) is 11.1. The Hall–Kier alpha value is -1.49. The lowest BCUT2D eigenvalue weighted by atomic mass is 9.79. The summed E-state index contributed by atoms with van der Waals surface area (Å²) in [7, 11) is 0. The maximum absolute atomic E-state index is 11.5. The third-order valence-electron chi connectivity index (χ3n) is 6.22. The fourth-order valence-electron chi connectivity index (χ4n) is 4.83. The Morgan fingerprint density at radius 1 is 1.07 bits per heavy atom. The van der Waals surface area contributed by atoms with Crippen molar-refractivity contribution in [1.82, 2.24) is 9.80 Å². The van der Waals surface area contributed by atoms with E-state index in [1.54, 1.807) is 18.3 Å². The van der Waals surface area contributed by atoms with Crippen molar-refractivity contribution in [3.63, 3.8) is 0 Å². The summed E-state index contributed by atoms with van der Waals surface area (Å²) in [6, 6.07) is 13.0. The van der Waals surface area contributed by atoms with E-state index in [1.165, 1.54) is 63.1 Å². The van der Waals surface area contributed by atoms with Gasteiger partial charge in [-0.05, 0) is 73.7 Å². The van der Waals surface area contributed by atoms with Crippen LogP contribution in [0.15, 0.2) is 41.8 Å². The van der Waals surface area contributed by atoms with Crippen molar-refractivity contribution in [2.75, 3.05) is 32.7 Å². The summed E-state index contributed by atoms with van der Waals surface area (Å²) in [6.45, 7) is 8.73. The van der Waals surface area contributed by atoms with Crippen molar-refractivity contribution in [3.05, 3.63) is 57.8 Å². The second kappa shape index (κ2) is 8.26.